The molecule has 1 aromatic carbocycles. The van der Waals surface area contributed by atoms with Crippen LogP contribution in [0.15, 0.2) is 24.3 Å². The van der Waals surface area contributed by atoms with Gasteiger partial charge in [-0.15, -0.1) is 24.8 Å². The highest BCUT2D eigenvalue weighted by atomic mass is 35.5. The van der Waals surface area contributed by atoms with Crippen LogP contribution in [-0.4, -0.2) is 5.11 Å². The summed E-state index contributed by atoms with van der Waals surface area (Å²) >= 11 is 0. The van der Waals surface area contributed by atoms with E-state index in [1.165, 1.54) is 44.1 Å². The lowest BCUT2D eigenvalue weighted by atomic mass is 10.1. The fourth-order valence-corrected chi connectivity index (χ4v) is 1.77. The summed E-state index contributed by atoms with van der Waals surface area (Å²) in [6.45, 7) is 2.25. The first-order valence-electron chi connectivity index (χ1n) is 6.11. The van der Waals surface area contributed by atoms with Crippen molar-refractivity contribution in [1.29, 1.82) is 0 Å². The van der Waals surface area contributed by atoms with Gasteiger partial charge in [-0.25, -0.2) is 0 Å². The van der Waals surface area contributed by atoms with Gasteiger partial charge < -0.3 is 5.11 Å². The van der Waals surface area contributed by atoms with Crippen molar-refractivity contribution in [3.05, 3.63) is 29.8 Å². The van der Waals surface area contributed by atoms with Crippen LogP contribution in [0.5, 0.6) is 5.75 Å². The van der Waals surface area contributed by atoms with E-state index in [0.29, 0.717) is 5.75 Å². The number of rotatable bonds is 7. The molecule has 0 saturated carbocycles. The molecule has 4 heteroatoms. The van der Waals surface area contributed by atoms with Crippen molar-refractivity contribution >= 4 is 38.3 Å². The molecule has 108 valence electrons. The molecule has 0 aliphatic carbocycles. The van der Waals surface area contributed by atoms with Gasteiger partial charge in [0.25, 0.3) is 0 Å². The third kappa shape index (κ3) is 11.1. The van der Waals surface area contributed by atoms with Crippen LogP contribution in [0.2, 0.25) is 0 Å². The second-order valence-corrected chi connectivity index (χ2v) is 4.18. The van der Waals surface area contributed by atoms with Crippen LogP contribution in [0.1, 0.15) is 51.0 Å². The maximum Gasteiger partial charge on any atom is 0.115 e. The van der Waals surface area contributed by atoms with Gasteiger partial charge in [0, 0.05) is 0 Å². The standard InChI is InChI=1S/C14H22O.2ClH.H2S/c1-2-3-4-5-6-7-8-13-9-11-14(15)12-10-13;;;/h9-12,15H,2-8H2,1H3;2*1H;1H2. The quantitative estimate of drug-likeness (QED) is 0.681. The van der Waals surface area contributed by atoms with Crippen LogP contribution in [-0.2, 0) is 6.42 Å². The van der Waals surface area contributed by atoms with Crippen molar-refractivity contribution in [2.45, 2.75) is 51.9 Å². The highest BCUT2D eigenvalue weighted by Gasteiger charge is 1.94. The molecule has 1 N–H and O–H groups in total. The lowest BCUT2D eigenvalue weighted by molar-refractivity contribution is 0.475. The van der Waals surface area contributed by atoms with Gasteiger partial charge in [0.2, 0.25) is 0 Å². The number of hydrogen-bond acceptors (Lipinski definition) is 1. The first-order chi connectivity index (χ1) is 7.33. The number of phenols is 1. The Balaban J connectivity index is -0.000000750. The third-order valence-electron chi connectivity index (χ3n) is 2.76. The fourth-order valence-electron chi connectivity index (χ4n) is 1.77. The van der Waals surface area contributed by atoms with Crippen molar-refractivity contribution in [2.75, 3.05) is 0 Å². The molecule has 1 aromatic rings. The molecule has 0 aliphatic heterocycles. The van der Waals surface area contributed by atoms with Gasteiger partial charge in [0.1, 0.15) is 5.75 Å². The van der Waals surface area contributed by atoms with Crippen molar-refractivity contribution < 1.29 is 5.11 Å². The summed E-state index contributed by atoms with van der Waals surface area (Å²) in [6.07, 6.45) is 9.19. The normalized spacial score (nSPS) is 8.72. The van der Waals surface area contributed by atoms with Gasteiger partial charge in [0.15, 0.2) is 0 Å². The molecule has 0 spiro atoms. The summed E-state index contributed by atoms with van der Waals surface area (Å²) in [7, 11) is 0. The summed E-state index contributed by atoms with van der Waals surface area (Å²) in [5, 5.41) is 9.13. The van der Waals surface area contributed by atoms with Crippen molar-refractivity contribution in [1.82, 2.24) is 0 Å². The molecule has 0 atom stereocenters. The Labute approximate surface area is 131 Å². The average Bonchev–Trinajstić information content (AvgIpc) is 2.26. The number of halogens is 2. The molecule has 18 heavy (non-hydrogen) atoms. The SMILES string of the molecule is CCCCCCCCc1ccc(O)cc1.Cl.Cl.S. The van der Waals surface area contributed by atoms with Crippen molar-refractivity contribution in [3.8, 4) is 5.75 Å². The molecular weight excluding hydrogens is 287 g/mol. The van der Waals surface area contributed by atoms with Crippen molar-refractivity contribution in [3.63, 3.8) is 0 Å². The molecule has 0 radical (unpaired) electrons. The Morgan fingerprint density at radius 2 is 1.33 bits per heavy atom. The summed E-state index contributed by atoms with van der Waals surface area (Å²) in [6, 6.07) is 7.57. The maximum atomic E-state index is 9.13. The topological polar surface area (TPSA) is 20.2 Å². The smallest absolute Gasteiger partial charge is 0.115 e. The molecule has 0 unspecified atom stereocenters. The van der Waals surface area contributed by atoms with Gasteiger partial charge in [-0.2, -0.15) is 13.5 Å². The summed E-state index contributed by atoms with van der Waals surface area (Å²) in [5.74, 6) is 0.363. The van der Waals surface area contributed by atoms with E-state index in [4.69, 9.17) is 5.11 Å². The lowest BCUT2D eigenvalue weighted by Gasteiger charge is -2.02. The molecule has 0 bridgehead atoms. The molecule has 1 nitrogen and oxygen atoms in total. The van der Waals surface area contributed by atoms with E-state index in [-0.39, 0.29) is 38.3 Å². The molecule has 0 fully saturated rings. The molecule has 0 aromatic heterocycles. The van der Waals surface area contributed by atoms with E-state index in [1.807, 2.05) is 12.1 Å². The van der Waals surface area contributed by atoms with Crippen LogP contribution in [0.25, 0.3) is 0 Å². The zero-order chi connectivity index (χ0) is 10.9. The summed E-state index contributed by atoms with van der Waals surface area (Å²) < 4.78 is 0. The Kier molecular flexibility index (Phi) is 19.2. The number of phenolic OH excluding ortho intramolecular Hbond substituents is 1. The van der Waals surface area contributed by atoms with Gasteiger partial charge in [-0.1, -0.05) is 51.2 Å². The van der Waals surface area contributed by atoms with Gasteiger partial charge in [-0.3, -0.25) is 0 Å². The molecular formula is C14H26Cl2OS. The van der Waals surface area contributed by atoms with Crippen molar-refractivity contribution in [2.24, 2.45) is 0 Å². The zero-order valence-electron chi connectivity index (χ0n) is 11.0. The monoisotopic (exact) mass is 312 g/mol. The molecule has 0 aliphatic rings. The Bertz CT molecular complexity index is 265. The summed E-state index contributed by atoms with van der Waals surface area (Å²) in [4.78, 5) is 0. The number of aromatic hydroxyl groups is 1. The predicted octanol–water partition coefficient (Wildman–Crippen LogP) is 5.25. The van der Waals surface area contributed by atoms with E-state index >= 15 is 0 Å². The number of hydrogen-bond donors (Lipinski definition) is 1. The second-order valence-electron chi connectivity index (χ2n) is 4.18. The van der Waals surface area contributed by atoms with Gasteiger partial charge in [-0.05, 0) is 30.5 Å². The van der Waals surface area contributed by atoms with E-state index in [1.54, 1.807) is 12.1 Å². The fraction of sp³-hybridized carbons (Fsp3) is 0.571. The largest absolute Gasteiger partial charge is 0.508 e. The first kappa shape index (κ1) is 23.1. The Morgan fingerprint density at radius 3 is 1.89 bits per heavy atom. The van der Waals surface area contributed by atoms with Crippen LogP contribution >= 0.6 is 38.3 Å². The average molecular weight is 313 g/mol. The molecule has 0 saturated heterocycles. The minimum Gasteiger partial charge on any atom is -0.508 e. The van der Waals surface area contributed by atoms with Gasteiger partial charge in [0.05, 0.1) is 0 Å². The van der Waals surface area contributed by atoms with E-state index in [0.717, 1.165) is 6.42 Å². The minimum absolute atomic E-state index is 0. The van der Waals surface area contributed by atoms with Crippen LogP contribution < -0.4 is 0 Å². The molecule has 0 heterocycles. The Hall–Kier alpha value is -0.0500. The van der Waals surface area contributed by atoms with E-state index < -0.39 is 0 Å². The Morgan fingerprint density at radius 1 is 0.833 bits per heavy atom. The molecule has 1 rings (SSSR count). The van der Waals surface area contributed by atoms with E-state index in [2.05, 4.69) is 6.92 Å². The zero-order valence-corrected chi connectivity index (χ0v) is 13.7. The number of aryl methyl sites for hydroxylation is 1. The highest BCUT2D eigenvalue weighted by molar-refractivity contribution is 7.59. The van der Waals surface area contributed by atoms with Crippen LogP contribution in [0, 0.1) is 0 Å². The second kappa shape index (κ2) is 15.0. The number of unbranched alkanes of at least 4 members (excludes halogenated alkanes) is 5. The van der Waals surface area contributed by atoms with E-state index in [9.17, 15) is 0 Å². The number of benzene rings is 1. The minimum atomic E-state index is 0. The van der Waals surface area contributed by atoms with Crippen LogP contribution in [0.3, 0.4) is 0 Å². The molecule has 0 amide bonds. The predicted molar refractivity (Wildman–Crippen MR) is 90.1 cm³/mol. The summed E-state index contributed by atoms with van der Waals surface area (Å²) in [5.41, 5.74) is 1.34. The highest BCUT2D eigenvalue weighted by Crippen LogP contribution is 2.13. The van der Waals surface area contributed by atoms with Crippen LogP contribution in [0.4, 0.5) is 0 Å². The maximum absolute atomic E-state index is 9.13. The third-order valence-corrected chi connectivity index (χ3v) is 2.76. The first-order valence-corrected chi connectivity index (χ1v) is 6.11. The van der Waals surface area contributed by atoms with Gasteiger partial charge >= 0.3 is 0 Å². The lowest BCUT2D eigenvalue weighted by Crippen LogP contribution is -1.85.